The van der Waals surface area contributed by atoms with E-state index in [1.54, 1.807) is 36.5 Å². The summed E-state index contributed by atoms with van der Waals surface area (Å²) in [6, 6.07) is 17.6. The molecule has 3 heterocycles. The molecule has 1 aromatic heterocycles. The van der Waals surface area contributed by atoms with Crippen molar-refractivity contribution >= 4 is 5.91 Å². The smallest absolute Gasteiger partial charge is 0.338 e. The van der Waals surface area contributed by atoms with Crippen LogP contribution >= 0.6 is 0 Å². The van der Waals surface area contributed by atoms with E-state index in [-0.39, 0.29) is 30.4 Å². The third-order valence-corrected chi connectivity index (χ3v) is 6.39. The first-order valence-electron chi connectivity index (χ1n) is 11.5. The summed E-state index contributed by atoms with van der Waals surface area (Å²) in [5.41, 5.74) is 0.324. The van der Waals surface area contributed by atoms with E-state index in [0.29, 0.717) is 25.0 Å². The van der Waals surface area contributed by atoms with Gasteiger partial charge in [0, 0.05) is 22.9 Å². The highest BCUT2D eigenvalue weighted by Crippen LogP contribution is 2.34. The number of rotatable bonds is 4. The Morgan fingerprint density at radius 2 is 1.65 bits per heavy atom. The van der Waals surface area contributed by atoms with E-state index in [2.05, 4.69) is 0 Å². The highest BCUT2D eigenvalue weighted by Gasteiger charge is 2.40. The molecule has 8 nitrogen and oxygen atoms in total. The number of hydrogen-bond donors (Lipinski definition) is 0. The predicted molar refractivity (Wildman–Crippen MR) is 124 cm³/mol. The molecule has 2 aliphatic rings. The maximum atomic E-state index is 13.4. The highest BCUT2D eigenvalue weighted by atomic mass is 16.7. The first kappa shape index (κ1) is 22.5. The Morgan fingerprint density at radius 1 is 0.941 bits per heavy atom. The average molecular weight is 463 g/mol. The molecule has 2 aromatic carbocycles. The van der Waals surface area contributed by atoms with Crippen molar-refractivity contribution in [2.45, 2.75) is 44.3 Å². The van der Waals surface area contributed by atoms with Gasteiger partial charge < -0.3 is 14.2 Å². The van der Waals surface area contributed by atoms with Crippen LogP contribution in [-0.2, 0) is 20.6 Å². The van der Waals surface area contributed by atoms with E-state index in [0.717, 1.165) is 10.1 Å². The van der Waals surface area contributed by atoms with Crippen molar-refractivity contribution in [2.75, 3.05) is 13.2 Å². The van der Waals surface area contributed by atoms with Gasteiger partial charge in [-0.15, -0.1) is 0 Å². The Labute approximate surface area is 196 Å². The minimum atomic E-state index is -0.672. The highest BCUT2D eigenvalue weighted by molar-refractivity contribution is 5.95. The van der Waals surface area contributed by atoms with Gasteiger partial charge in [-0.25, -0.2) is 4.79 Å². The largest absolute Gasteiger partial charge is 0.371 e. The SMILES string of the molecule is CCc1cn([C@@H]2CO[C@@H]3COC(c4ccccc4)O[C@H]3C2)c(=O)n(C(=O)c2ccccc2)c1=O. The second-order valence-electron chi connectivity index (χ2n) is 8.52. The number of aryl methyl sites for hydroxylation is 1. The molecule has 0 N–H and O–H groups in total. The molecule has 8 heteroatoms. The second kappa shape index (κ2) is 9.50. The van der Waals surface area contributed by atoms with Gasteiger partial charge in [0.1, 0.15) is 6.10 Å². The third kappa shape index (κ3) is 4.16. The number of hydrogen-bond acceptors (Lipinski definition) is 6. The van der Waals surface area contributed by atoms with Gasteiger partial charge in [-0.3, -0.25) is 14.2 Å². The van der Waals surface area contributed by atoms with Crippen LogP contribution < -0.4 is 11.2 Å². The maximum absolute atomic E-state index is 13.4. The predicted octanol–water partition coefficient (Wildman–Crippen LogP) is 2.71. The zero-order chi connectivity index (χ0) is 23.7. The van der Waals surface area contributed by atoms with Crippen LogP contribution in [0.2, 0.25) is 0 Å². The first-order chi connectivity index (χ1) is 16.6. The van der Waals surface area contributed by atoms with Crippen LogP contribution in [0, 0.1) is 0 Å². The maximum Gasteiger partial charge on any atom is 0.338 e. The molecule has 0 aliphatic carbocycles. The van der Waals surface area contributed by atoms with E-state index in [1.807, 2.05) is 37.3 Å². The van der Waals surface area contributed by atoms with Crippen molar-refractivity contribution in [1.29, 1.82) is 0 Å². The Hall–Kier alpha value is -3.33. The van der Waals surface area contributed by atoms with Gasteiger partial charge in [0.25, 0.3) is 11.5 Å². The number of aromatic nitrogens is 2. The van der Waals surface area contributed by atoms with Crippen LogP contribution in [0.3, 0.4) is 0 Å². The van der Waals surface area contributed by atoms with Gasteiger partial charge in [0.05, 0.1) is 25.4 Å². The molecule has 0 spiro atoms. The molecule has 176 valence electrons. The van der Waals surface area contributed by atoms with Gasteiger partial charge in [0.15, 0.2) is 6.29 Å². The number of ether oxygens (including phenoxy) is 3. The summed E-state index contributed by atoms with van der Waals surface area (Å²) in [7, 11) is 0. The fourth-order valence-electron chi connectivity index (χ4n) is 4.51. The molecule has 5 rings (SSSR count). The molecule has 1 unspecified atom stereocenters. The van der Waals surface area contributed by atoms with Crippen LogP contribution in [0.15, 0.2) is 76.4 Å². The quantitative estimate of drug-likeness (QED) is 0.592. The summed E-state index contributed by atoms with van der Waals surface area (Å²) < 4.78 is 20.2. The van der Waals surface area contributed by atoms with Gasteiger partial charge in [-0.05, 0) is 25.0 Å². The zero-order valence-corrected chi connectivity index (χ0v) is 18.8. The van der Waals surface area contributed by atoms with Crippen LogP contribution in [0.25, 0.3) is 0 Å². The van der Waals surface area contributed by atoms with E-state index in [9.17, 15) is 14.4 Å². The minimum Gasteiger partial charge on any atom is -0.371 e. The molecule has 3 aromatic rings. The van der Waals surface area contributed by atoms with Crippen molar-refractivity contribution in [3.8, 4) is 0 Å². The lowest BCUT2D eigenvalue weighted by Gasteiger charge is -2.42. The molecular formula is C26H26N2O6. The topological polar surface area (TPSA) is 88.8 Å². The Morgan fingerprint density at radius 3 is 2.35 bits per heavy atom. The fourth-order valence-corrected chi connectivity index (χ4v) is 4.51. The Balaban J connectivity index is 1.46. The number of benzene rings is 2. The minimum absolute atomic E-state index is 0.241. The number of fused-ring (bicyclic) bond motifs is 1. The molecule has 2 saturated heterocycles. The van der Waals surface area contributed by atoms with Crippen LogP contribution in [-0.4, -0.2) is 40.5 Å². The lowest BCUT2D eigenvalue weighted by Crippen LogP contribution is -2.51. The Bertz CT molecular complexity index is 1280. The Kier molecular flexibility index (Phi) is 6.28. The molecule has 0 radical (unpaired) electrons. The van der Waals surface area contributed by atoms with Gasteiger partial charge >= 0.3 is 5.69 Å². The summed E-state index contributed by atoms with van der Waals surface area (Å²) >= 11 is 0. The van der Waals surface area contributed by atoms with Crippen LogP contribution in [0.1, 0.15) is 47.2 Å². The monoisotopic (exact) mass is 462 g/mol. The molecule has 0 bridgehead atoms. The second-order valence-corrected chi connectivity index (χ2v) is 8.52. The van der Waals surface area contributed by atoms with Crippen molar-refractivity contribution in [2.24, 2.45) is 0 Å². The standard InChI is InChI=1S/C26H26N2O6/c1-2-17-14-27(26(31)28(23(17)29)24(30)18-9-5-3-6-10-18)20-13-21-22(32-15-20)16-33-25(34-21)19-11-7-4-8-12-19/h3-12,14,20-22,25H,2,13,15-16H2,1H3/t20-,21-,22+,25?/m0/s1. The van der Waals surface area contributed by atoms with Crippen LogP contribution in [0.4, 0.5) is 0 Å². The van der Waals surface area contributed by atoms with Gasteiger partial charge in [-0.1, -0.05) is 55.5 Å². The molecular weight excluding hydrogens is 436 g/mol. The molecule has 0 saturated carbocycles. The lowest BCUT2D eigenvalue weighted by molar-refractivity contribution is -0.282. The summed E-state index contributed by atoms with van der Waals surface area (Å²) in [5.74, 6) is -0.638. The van der Waals surface area contributed by atoms with Crippen LogP contribution in [0.5, 0.6) is 0 Å². The number of carbonyl (C=O) groups is 1. The third-order valence-electron chi connectivity index (χ3n) is 6.39. The van der Waals surface area contributed by atoms with Gasteiger partial charge in [0.2, 0.25) is 0 Å². The zero-order valence-electron chi connectivity index (χ0n) is 18.8. The summed E-state index contributed by atoms with van der Waals surface area (Å²) in [4.78, 5) is 39.5. The van der Waals surface area contributed by atoms with Crippen molar-refractivity contribution in [3.05, 3.63) is 104 Å². The van der Waals surface area contributed by atoms with E-state index in [1.165, 1.54) is 4.57 Å². The first-order valence-corrected chi connectivity index (χ1v) is 11.5. The van der Waals surface area contributed by atoms with Crippen molar-refractivity contribution < 1.29 is 19.0 Å². The van der Waals surface area contributed by atoms with Gasteiger partial charge in [-0.2, -0.15) is 4.57 Å². The molecule has 0 amide bonds. The molecule has 34 heavy (non-hydrogen) atoms. The van der Waals surface area contributed by atoms with Crippen molar-refractivity contribution in [3.63, 3.8) is 0 Å². The molecule has 2 aliphatic heterocycles. The average Bonchev–Trinajstić information content (AvgIpc) is 2.89. The summed E-state index contributed by atoms with van der Waals surface area (Å²) in [6.45, 7) is 2.46. The molecule has 2 fully saturated rings. The van der Waals surface area contributed by atoms with E-state index >= 15 is 0 Å². The lowest BCUT2D eigenvalue weighted by atomic mass is 10.00. The van der Waals surface area contributed by atoms with E-state index in [4.69, 9.17) is 14.2 Å². The number of carbonyl (C=O) groups excluding carboxylic acids is 1. The fraction of sp³-hybridized carbons (Fsp3) is 0.346. The summed E-state index contributed by atoms with van der Waals surface area (Å²) in [6.07, 6.45) is 1.40. The normalized spacial score (nSPS) is 24.4. The van der Waals surface area contributed by atoms with E-state index < -0.39 is 23.4 Å². The summed E-state index contributed by atoms with van der Waals surface area (Å²) in [5, 5.41) is 0. The van der Waals surface area contributed by atoms with Crippen molar-refractivity contribution in [1.82, 2.24) is 9.13 Å². The molecule has 4 atom stereocenters. The number of nitrogens with zero attached hydrogens (tertiary/aromatic N) is 2.